The van der Waals surface area contributed by atoms with Crippen LogP contribution in [-0.4, -0.2) is 25.6 Å². The Morgan fingerprint density at radius 1 is 1.39 bits per heavy atom. The number of carbonyl (C=O) groups excluding carboxylic acids is 1. The number of amides is 1. The summed E-state index contributed by atoms with van der Waals surface area (Å²) < 4.78 is 5.75. The Kier molecular flexibility index (Phi) is 4.59. The van der Waals surface area contributed by atoms with E-state index < -0.39 is 0 Å². The number of nitrogens with two attached hydrogens (primary N) is 1. The Bertz CT molecular complexity index is 383. The number of benzene rings is 1. The number of nitrogens with one attached hydrogen (secondary N) is 1. The highest BCUT2D eigenvalue weighted by Gasteiger charge is 2.13. The van der Waals surface area contributed by atoms with E-state index in [0.717, 1.165) is 31.0 Å². The lowest BCUT2D eigenvalue weighted by Crippen LogP contribution is -2.33. The van der Waals surface area contributed by atoms with Crippen molar-refractivity contribution in [3.63, 3.8) is 0 Å². The van der Waals surface area contributed by atoms with Crippen molar-refractivity contribution in [3.8, 4) is 5.75 Å². The zero-order valence-electron chi connectivity index (χ0n) is 10.5. The molecule has 98 valence electrons. The molecular weight excluding hydrogens is 228 g/mol. The highest BCUT2D eigenvalue weighted by molar-refractivity contribution is 5.76. The van der Waals surface area contributed by atoms with Crippen LogP contribution < -0.4 is 15.8 Å². The van der Waals surface area contributed by atoms with Gasteiger partial charge in [0, 0.05) is 12.5 Å². The smallest absolute Gasteiger partial charge is 0.221 e. The van der Waals surface area contributed by atoms with E-state index >= 15 is 0 Å². The van der Waals surface area contributed by atoms with Gasteiger partial charge < -0.3 is 15.8 Å². The SMILES string of the molecule is NC(=O)Cc1ccc(OCC2CCCNC2)cc1. The monoisotopic (exact) mass is 248 g/mol. The van der Waals surface area contributed by atoms with E-state index in [1.165, 1.54) is 12.8 Å². The number of rotatable bonds is 5. The largest absolute Gasteiger partial charge is 0.493 e. The molecule has 1 fully saturated rings. The number of ether oxygens (including phenoxy) is 1. The summed E-state index contributed by atoms with van der Waals surface area (Å²) in [5.41, 5.74) is 6.07. The van der Waals surface area contributed by atoms with E-state index in [-0.39, 0.29) is 12.3 Å². The molecule has 1 saturated heterocycles. The molecular formula is C14H20N2O2. The summed E-state index contributed by atoms with van der Waals surface area (Å²) in [7, 11) is 0. The highest BCUT2D eigenvalue weighted by Crippen LogP contribution is 2.16. The minimum absolute atomic E-state index is 0.285. The lowest BCUT2D eigenvalue weighted by Gasteiger charge is -2.22. The molecule has 0 radical (unpaired) electrons. The summed E-state index contributed by atoms with van der Waals surface area (Å²) in [6.07, 6.45) is 2.74. The normalized spacial score (nSPS) is 19.4. The predicted molar refractivity (Wildman–Crippen MR) is 70.4 cm³/mol. The van der Waals surface area contributed by atoms with Crippen LogP contribution in [0.15, 0.2) is 24.3 Å². The number of carbonyl (C=O) groups is 1. The average Bonchev–Trinajstić information content (AvgIpc) is 2.38. The van der Waals surface area contributed by atoms with Gasteiger partial charge in [-0.2, -0.15) is 0 Å². The molecule has 18 heavy (non-hydrogen) atoms. The van der Waals surface area contributed by atoms with Crippen LogP contribution in [0.3, 0.4) is 0 Å². The summed E-state index contributed by atoms with van der Waals surface area (Å²) in [5.74, 6) is 1.15. The second-order valence-corrected chi connectivity index (χ2v) is 4.81. The number of hydrogen-bond acceptors (Lipinski definition) is 3. The molecule has 1 aromatic carbocycles. The van der Waals surface area contributed by atoms with E-state index in [0.29, 0.717) is 5.92 Å². The van der Waals surface area contributed by atoms with E-state index in [1.807, 2.05) is 24.3 Å². The van der Waals surface area contributed by atoms with Crippen molar-refractivity contribution >= 4 is 5.91 Å². The fraction of sp³-hybridized carbons (Fsp3) is 0.500. The van der Waals surface area contributed by atoms with Crippen LogP contribution in [0.5, 0.6) is 5.75 Å². The molecule has 0 aliphatic carbocycles. The highest BCUT2D eigenvalue weighted by atomic mass is 16.5. The van der Waals surface area contributed by atoms with Crippen LogP contribution >= 0.6 is 0 Å². The van der Waals surface area contributed by atoms with Crippen molar-refractivity contribution in [2.75, 3.05) is 19.7 Å². The van der Waals surface area contributed by atoms with Gasteiger partial charge in [-0.25, -0.2) is 0 Å². The molecule has 1 atom stereocenters. The lowest BCUT2D eigenvalue weighted by atomic mass is 10.0. The van der Waals surface area contributed by atoms with E-state index in [4.69, 9.17) is 10.5 Å². The second-order valence-electron chi connectivity index (χ2n) is 4.81. The van der Waals surface area contributed by atoms with E-state index in [2.05, 4.69) is 5.32 Å². The Morgan fingerprint density at radius 2 is 2.17 bits per heavy atom. The zero-order chi connectivity index (χ0) is 12.8. The molecule has 3 N–H and O–H groups in total. The van der Waals surface area contributed by atoms with Gasteiger partial charge in [0.05, 0.1) is 13.0 Å². The maximum absolute atomic E-state index is 10.8. The fourth-order valence-corrected chi connectivity index (χ4v) is 2.19. The van der Waals surface area contributed by atoms with Gasteiger partial charge in [0.15, 0.2) is 0 Å². The first kappa shape index (κ1) is 12.9. The molecule has 0 spiro atoms. The molecule has 0 saturated carbocycles. The minimum Gasteiger partial charge on any atom is -0.493 e. The van der Waals surface area contributed by atoms with Crippen molar-refractivity contribution in [2.45, 2.75) is 19.3 Å². The van der Waals surface area contributed by atoms with Crippen molar-refractivity contribution in [3.05, 3.63) is 29.8 Å². The molecule has 1 heterocycles. The van der Waals surface area contributed by atoms with Gasteiger partial charge in [0.25, 0.3) is 0 Å². The third kappa shape index (κ3) is 4.04. The Balaban J connectivity index is 1.80. The van der Waals surface area contributed by atoms with Crippen LogP contribution in [0.4, 0.5) is 0 Å². The maximum Gasteiger partial charge on any atom is 0.221 e. The molecule has 1 aliphatic heterocycles. The quantitative estimate of drug-likeness (QED) is 0.820. The summed E-state index contributed by atoms with van der Waals surface area (Å²) in [4.78, 5) is 10.8. The maximum atomic E-state index is 10.8. The van der Waals surface area contributed by atoms with Gasteiger partial charge >= 0.3 is 0 Å². The van der Waals surface area contributed by atoms with Crippen molar-refractivity contribution in [1.29, 1.82) is 0 Å². The van der Waals surface area contributed by atoms with Gasteiger partial charge in [-0.15, -0.1) is 0 Å². The molecule has 1 unspecified atom stereocenters. The van der Waals surface area contributed by atoms with Crippen LogP contribution in [0.2, 0.25) is 0 Å². The van der Waals surface area contributed by atoms with Crippen molar-refractivity contribution < 1.29 is 9.53 Å². The molecule has 1 aliphatic rings. The number of hydrogen-bond donors (Lipinski definition) is 2. The summed E-state index contributed by atoms with van der Waals surface area (Å²) in [6.45, 7) is 2.92. The second kappa shape index (κ2) is 6.40. The van der Waals surface area contributed by atoms with E-state index in [9.17, 15) is 4.79 Å². The Hall–Kier alpha value is -1.55. The molecule has 4 nitrogen and oxygen atoms in total. The van der Waals surface area contributed by atoms with Crippen molar-refractivity contribution in [1.82, 2.24) is 5.32 Å². The van der Waals surface area contributed by atoms with Gasteiger partial charge in [-0.3, -0.25) is 4.79 Å². The molecule has 0 bridgehead atoms. The Morgan fingerprint density at radius 3 is 2.78 bits per heavy atom. The zero-order valence-corrected chi connectivity index (χ0v) is 10.5. The molecule has 1 aromatic rings. The lowest BCUT2D eigenvalue weighted by molar-refractivity contribution is -0.117. The average molecular weight is 248 g/mol. The fourth-order valence-electron chi connectivity index (χ4n) is 2.19. The first-order chi connectivity index (χ1) is 8.74. The number of primary amides is 1. The van der Waals surface area contributed by atoms with Crippen LogP contribution in [-0.2, 0) is 11.2 Å². The van der Waals surface area contributed by atoms with Crippen LogP contribution in [0.1, 0.15) is 18.4 Å². The van der Waals surface area contributed by atoms with Gasteiger partial charge in [-0.1, -0.05) is 12.1 Å². The third-order valence-electron chi connectivity index (χ3n) is 3.19. The molecule has 1 amide bonds. The first-order valence-electron chi connectivity index (χ1n) is 6.45. The third-order valence-corrected chi connectivity index (χ3v) is 3.19. The topological polar surface area (TPSA) is 64.4 Å². The molecule has 0 aromatic heterocycles. The Labute approximate surface area is 108 Å². The first-order valence-corrected chi connectivity index (χ1v) is 6.45. The minimum atomic E-state index is -0.308. The summed E-state index contributed by atoms with van der Waals surface area (Å²) in [6, 6.07) is 7.57. The van der Waals surface area contributed by atoms with E-state index in [1.54, 1.807) is 0 Å². The summed E-state index contributed by atoms with van der Waals surface area (Å²) in [5, 5.41) is 3.37. The van der Waals surface area contributed by atoms with Gasteiger partial charge in [0.2, 0.25) is 5.91 Å². The van der Waals surface area contributed by atoms with Crippen molar-refractivity contribution in [2.24, 2.45) is 11.7 Å². The van der Waals surface area contributed by atoms with Crippen LogP contribution in [0.25, 0.3) is 0 Å². The van der Waals surface area contributed by atoms with Gasteiger partial charge in [0.1, 0.15) is 5.75 Å². The number of piperidine rings is 1. The van der Waals surface area contributed by atoms with Crippen LogP contribution in [0, 0.1) is 5.92 Å². The predicted octanol–water partition coefficient (Wildman–Crippen LogP) is 1.09. The van der Waals surface area contributed by atoms with Gasteiger partial charge in [-0.05, 0) is 37.1 Å². The standard InChI is InChI=1S/C14H20N2O2/c15-14(17)8-11-3-5-13(6-4-11)18-10-12-2-1-7-16-9-12/h3-6,12,16H,1-2,7-10H2,(H2,15,17). The summed E-state index contributed by atoms with van der Waals surface area (Å²) >= 11 is 0. The molecule has 2 rings (SSSR count). The molecule has 4 heteroatoms.